The second kappa shape index (κ2) is 6.23. The Morgan fingerprint density at radius 3 is 2.62 bits per heavy atom. The molecule has 3 atom stereocenters. The highest BCUT2D eigenvalue weighted by Crippen LogP contribution is 2.56. The third kappa shape index (κ3) is 3.47. The first-order chi connectivity index (χ1) is 12.4. The van der Waals surface area contributed by atoms with Gasteiger partial charge in [0.05, 0.1) is 6.54 Å². The van der Waals surface area contributed by atoms with Gasteiger partial charge < -0.3 is 15.8 Å². The van der Waals surface area contributed by atoms with E-state index in [4.69, 9.17) is 5.73 Å². The Labute approximate surface area is 148 Å². The van der Waals surface area contributed by atoms with Crippen molar-refractivity contribution in [2.45, 2.75) is 31.3 Å². The highest BCUT2D eigenvalue weighted by molar-refractivity contribution is 5.79. The summed E-state index contributed by atoms with van der Waals surface area (Å²) in [5.74, 6) is 1.18. The molecule has 0 radical (unpaired) electrons. The van der Waals surface area contributed by atoms with Gasteiger partial charge in [-0.1, -0.05) is 36.4 Å². The topological polar surface area (TPSA) is 59.6 Å². The molecule has 0 saturated heterocycles. The van der Waals surface area contributed by atoms with Crippen LogP contribution in [0.15, 0.2) is 53.5 Å². The van der Waals surface area contributed by atoms with Gasteiger partial charge in [0.1, 0.15) is 5.75 Å². The van der Waals surface area contributed by atoms with Gasteiger partial charge in [-0.15, -0.1) is 13.2 Å². The fraction of sp³-hybridized carbons (Fsp3) is 0.316. The number of halogens is 3. The van der Waals surface area contributed by atoms with Crippen LogP contribution < -0.4 is 15.8 Å². The molecule has 4 nitrogen and oxygen atoms in total. The molecule has 3 unspecified atom stereocenters. The first kappa shape index (κ1) is 16.8. The zero-order chi connectivity index (χ0) is 18.3. The summed E-state index contributed by atoms with van der Waals surface area (Å²) in [7, 11) is 0. The Kier molecular flexibility index (Phi) is 4.01. The minimum absolute atomic E-state index is 0.249. The zero-order valence-corrected chi connectivity index (χ0v) is 13.8. The number of hydrogen-bond donors (Lipinski definition) is 2. The van der Waals surface area contributed by atoms with E-state index in [0.29, 0.717) is 30.4 Å². The molecule has 1 fully saturated rings. The van der Waals surface area contributed by atoms with Crippen LogP contribution in [0.2, 0.25) is 0 Å². The molecule has 7 heteroatoms. The second-order valence-corrected chi connectivity index (χ2v) is 6.66. The molecule has 2 aliphatic rings. The lowest BCUT2D eigenvalue weighted by Crippen LogP contribution is -2.35. The van der Waals surface area contributed by atoms with Crippen molar-refractivity contribution in [2.24, 2.45) is 16.6 Å². The molecule has 3 N–H and O–H groups in total. The van der Waals surface area contributed by atoms with Crippen LogP contribution in [-0.2, 0) is 13.0 Å². The van der Waals surface area contributed by atoms with Gasteiger partial charge in [0.25, 0.3) is 0 Å². The Bertz CT molecular complexity index is 833. The van der Waals surface area contributed by atoms with Crippen LogP contribution >= 0.6 is 0 Å². The van der Waals surface area contributed by atoms with Crippen LogP contribution in [0.5, 0.6) is 5.75 Å². The SMILES string of the molecule is NC(=NCc1ccc(OC(F)(F)F)cc1)NC1C2Cc3ccccc3C21. The van der Waals surface area contributed by atoms with Crippen LogP contribution in [0, 0.1) is 5.92 Å². The molecule has 2 aromatic carbocycles. The summed E-state index contributed by atoms with van der Waals surface area (Å²) in [5, 5.41) is 3.26. The van der Waals surface area contributed by atoms with Crippen molar-refractivity contribution in [3.8, 4) is 5.75 Å². The van der Waals surface area contributed by atoms with Gasteiger partial charge in [0.2, 0.25) is 0 Å². The van der Waals surface area contributed by atoms with Crippen molar-refractivity contribution in [1.29, 1.82) is 0 Å². The van der Waals surface area contributed by atoms with E-state index < -0.39 is 6.36 Å². The van der Waals surface area contributed by atoms with Crippen molar-refractivity contribution in [1.82, 2.24) is 5.32 Å². The van der Waals surface area contributed by atoms with Gasteiger partial charge in [-0.05, 0) is 41.2 Å². The Morgan fingerprint density at radius 2 is 1.88 bits per heavy atom. The van der Waals surface area contributed by atoms with E-state index in [2.05, 4.69) is 39.3 Å². The van der Waals surface area contributed by atoms with E-state index in [1.165, 1.54) is 23.3 Å². The van der Waals surface area contributed by atoms with E-state index in [1.54, 1.807) is 12.1 Å². The summed E-state index contributed by atoms with van der Waals surface area (Å²) in [4.78, 5) is 4.28. The second-order valence-electron chi connectivity index (χ2n) is 6.66. The fourth-order valence-corrected chi connectivity index (χ4v) is 3.74. The number of fused-ring (bicyclic) bond motifs is 3. The van der Waals surface area contributed by atoms with Gasteiger partial charge in [0.15, 0.2) is 5.96 Å². The lowest BCUT2D eigenvalue weighted by Gasteiger charge is -2.10. The largest absolute Gasteiger partial charge is 0.573 e. The van der Waals surface area contributed by atoms with Crippen LogP contribution in [0.25, 0.3) is 0 Å². The number of guanidine groups is 1. The predicted molar refractivity (Wildman–Crippen MR) is 91.8 cm³/mol. The maximum atomic E-state index is 12.1. The number of ether oxygens (including phenoxy) is 1. The van der Waals surface area contributed by atoms with Crippen molar-refractivity contribution in [3.63, 3.8) is 0 Å². The zero-order valence-electron chi connectivity index (χ0n) is 13.8. The molecule has 0 heterocycles. The van der Waals surface area contributed by atoms with E-state index >= 15 is 0 Å². The van der Waals surface area contributed by atoms with Crippen molar-refractivity contribution in [2.75, 3.05) is 0 Å². The van der Waals surface area contributed by atoms with Gasteiger partial charge in [-0.3, -0.25) is 0 Å². The summed E-state index contributed by atoms with van der Waals surface area (Å²) in [6, 6.07) is 14.4. The van der Waals surface area contributed by atoms with Crippen LogP contribution in [0.3, 0.4) is 0 Å². The third-order valence-corrected chi connectivity index (χ3v) is 4.94. The number of alkyl halides is 3. The van der Waals surface area contributed by atoms with Crippen molar-refractivity contribution in [3.05, 3.63) is 65.2 Å². The molecule has 2 aromatic rings. The Hall–Kier alpha value is -2.70. The number of benzene rings is 2. The molecule has 26 heavy (non-hydrogen) atoms. The molecule has 0 spiro atoms. The van der Waals surface area contributed by atoms with Gasteiger partial charge in [-0.2, -0.15) is 0 Å². The van der Waals surface area contributed by atoms with E-state index in [-0.39, 0.29) is 5.75 Å². The summed E-state index contributed by atoms with van der Waals surface area (Å²) in [6.45, 7) is 0.295. The maximum Gasteiger partial charge on any atom is 0.573 e. The first-order valence-electron chi connectivity index (χ1n) is 8.40. The smallest absolute Gasteiger partial charge is 0.406 e. The molecule has 2 aliphatic carbocycles. The van der Waals surface area contributed by atoms with Crippen molar-refractivity contribution < 1.29 is 17.9 Å². The number of nitrogens with two attached hydrogens (primary N) is 1. The van der Waals surface area contributed by atoms with E-state index in [9.17, 15) is 13.2 Å². The number of nitrogens with zero attached hydrogens (tertiary/aromatic N) is 1. The quantitative estimate of drug-likeness (QED) is 0.649. The summed E-state index contributed by atoms with van der Waals surface area (Å²) < 4.78 is 40.3. The molecule has 0 aromatic heterocycles. The number of rotatable bonds is 4. The lowest BCUT2D eigenvalue weighted by molar-refractivity contribution is -0.274. The minimum atomic E-state index is -4.69. The standard InChI is InChI=1S/C19H18F3N3O/c20-19(21,22)26-13-7-5-11(6-8-13)10-24-18(23)25-17-15-9-12-3-1-2-4-14(12)16(15)17/h1-8,15-17H,9-10H2,(H3,23,24,25). The molecule has 4 rings (SSSR count). The molecular formula is C19H18F3N3O. The van der Waals surface area contributed by atoms with Gasteiger partial charge in [-0.25, -0.2) is 4.99 Å². The van der Waals surface area contributed by atoms with Gasteiger partial charge in [0, 0.05) is 12.0 Å². The average molecular weight is 361 g/mol. The van der Waals surface area contributed by atoms with Crippen molar-refractivity contribution >= 4 is 5.96 Å². The highest BCUT2D eigenvalue weighted by Gasteiger charge is 2.55. The highest BCUT2D eigenvalue weighted by atomic mass is 19.4. The summed E-state index contributed by atoms with van der Waals surface area (Å²) in [5.41, 5.74) is 9.53. The van der Waals surface area contributed by atoms with E-state index in [0.717, 1.165) is 12.0 Å². The molecule has 0 bridgehead atoms. The van der Waals surface area contributed by atoms with Crippen LogP contribution in [0.1, 0.15) is 22.6 Å². The number of aliphatic imine (C=N–C) groups is 1. The molecule has 0 amide bonds. The van der Waals surface area contributed by atoms with Crippen LogP contribution in [-0.4, -0.2) is 18.4 Å². The molecule has 1 saturated carbocycles. The molecular weight excluding hydrogens is 343 g/mol. The Morgan fingerprint density at radius 1 is 1.15 bits per heavy atom. The van der Waals surface area contributed by atoms with Crippen LogP contribution in [0.4, 0.5) is 13.2 Å². The minimum Gasteiger partial charge on any atom is -0.406 e. The summed E-state index contributed by atoms with van der Waals surface area (Å²) in [6.07, 6.45) is -3.62. The molecule has 0 aliphatic heterocycles. The van der Waals surface area contributed by atoms with Gasteiger partial charge >= 0.3 is 6.36 Å². The first-order valence-corrected chi connectivity index (χ1v) is 8.40. The predicted octanol–water partition coefficient (Wildman–Crippen LogP) is 3.33. The molecule has 136 valence electrons. The number of nitrogens with one attached hydrogen (secondary N) is 1. The monoisotopic (exact) mass is 361 g/mol. The maximum absolute atomic E-state index is 12.1. The number of hydrogen-bond acceptors (Lipinski definition) is 2. The fourth-order valence-electron chi connectivity index (χ4n) is 3.74. The summed E-state index contributed by atoms with van der Waals surface area (Å²) >= 11 is 0. The average Bonchev–Trinajstić information content (AvgIpc) is 3.09. The normalized spacial score (nSPS) is 24.0. The third-order valence-electron chi connectivity index (χ3n) is 4.94. The van der Waals surface area contributed by atoms with E-state index in [1.807, 2.05) is 0 Å². The Balaban J connectivity index is 1.31. The lowest BCUT2D eigenvalue weighted by atomic mass is 10.1.